The van der Waals surface area contributed by atoms with Crippen LogP contribution in [-0.2, 0) is 0 Å². The van der Waals surface area contributed by atoms with Crippen molar-refractivity contribution >= 4 is 22.5 Å². The van der Waals surface area contributed by atoms with Crippen molar-refractivity contribution in [2.75, 3.05) is 12.4 Å². The van der Waals surface area contributed by atoms with Crippen molar-refractivity contribution in [1.29, 1.82) is 0 Å². The van der Waals surface area contributed by atoms with Crippen LogP contribution in [0.25, 0.3) is 16.6 Å². The van der Waals surface area contributed by atoms with E-state index in [0.717, 1.165) is 22.2 Å². The third-order valence-electron chi connectivity index (χ3n) is 2.53. The molecule has 0 saturated carbocycles. The highest BCUT2D eigenvalue weighted by atomic mass is 15.3. The van der Waals surface area contributed by atoms with E-state index < -0.39 is 0 Å². The Bertz CT molecular complexity index is 670. The van der Waals surface area contributed by atoms with Crippen LogP contribution in [0.4, 0.5) is 5.95 Å². The number of pyridine rings is 1. The smallest absolute Gasteiger partial charge is 0.226 e. The number of nitrogens with zero attached hydrogens (tertiary/aromatic N) is 4. The summed E-state index contributed by atoms with van der Waals surface area (Å²) in [5, 5.41) is 8.44. The first-order valence-corrected chi connectivity index (χ1v) is 5.08. The largest absolute Gasteiger partial charge is 0.357 e. The van der Waals surface area contributed by atoms with Gasteiger partial charge in [-0.2, -0.15) is 14.6 Å². The Balaban J connectivity index is 2.56. The van der Waals surface area contributed by atoms with Gasteiger partial charge in [-0.1, -0.05) is 0 Å². The number of nitrogens with one attached hydrogen (secondary N) is 1. The topological polar surface area (TPSA) is 55.1 Å². The summed E-state index contributed by atoms with van der Waals surface area (Å²) in [6, 6.07) is 5.95. The van der Waals surface area contributed by atoms with E-state index in [4.69, 9.17) is 0 Å². The van der Waals surface area contributed by atoms with Crippen molar-refractivity contribution in [3.8, 4) is 0 Å². The van der Waals surface area contributed by atoms with Crippen LogP contribution in [-0.4, -0.2) is 26.6 Å². The molecule has 0 atom stereocenters. The van der Waals surface area contributed by atoms with Crippen LogP contribution >= 0.6 is 0 Å². The summed E-state index contributed by atoms with van der Waals surface area (Å²) in [7, 11) is 1.83. The van der Waals surface area contributed by atoms with E-state index in [0.29, 0.717) is 5.95 Å². The van der Waals surface area contributed by atoms with Gasteiger partial charge in [0.15, 0.2) is 5.65 Å². The minimum absolute atomic E-state index is 0.703. The van der Waals surface area contributed by atoms with Crippen LogP contribution in [0.5, 0.6) is 0 Å². The first-order chi connectivity index (χ1) is 7.79. The van der Waals surface area contributed by atoms with E-state index in [1.165, 1.54) is 0 Å². The normalized spacial score (nSPS) is 11.1. The van der Waals surface area contributed by atoms with Crippen LogP contribution in [0, 0.1) is 6.92 Å². The lowest BCUT2D eigenvalue weighted by Gasteiger charge is -2.05. The fourth-order valence-corrected chi connectivity index (χ4v) is 1.85. The Kier molecular flexibility index (Phi) is 1.80. The quantitative estimate of drug-likeness (QED) is 0.667. The molecule has 0 saturated heterocycles. The van der Waals surface area contributed by atoms with E-state index in [-0.39, 0.29) is 0 Å². The number of rotatable bonds is 1. The molecule has 3 rings (SSSR count). The van der Waals surface area contributed by atoms with Gasteiger partial charge < -0.3 is 5.32 Å². The summed E-state index contributed by atoms with van der Waals surface area (Å²) in [6.07, 6.45) is 1.74. The Morgan fingerprint density at radius 1 is 1.38 bits per heavy atom. The lowest BCUT2D eigenvalue weighted by atomic mass is 10.2. The monoisotopic (exact) mass is 213 g/mol. The number of hydrogen-bond acceptors (Lipinski definition) is 4. The van der Waals surface area contributed by atoms with E-state index >= 15 is 0 Å². The standard InChI is InChI=1S/C11H11N5/c1-7-6-9-8-4-3-5-13-10(8)14-11(12-2)16(9)15-7/h3-6H,1-2H3,(H,12,13,14). The Morgan fingerprint density at radius 2 is 2.25 bits per heavy atom. The molecule has 0 aliphatic rings. The molecule has 0 bridgehead atoms. The number of anilines is 1. The summed E-state index contributed by atoms with van der Waals surface area (Å²) in [5.74, 6) is 0.703. The van der Waals surface area contributed by atoms with E-state index in [2.05, 4.69) is 20.4 Å². The summed E-state index contributed by atoms with van der Waals surface area (Å²) in [4.78, 5) is 8.67. The summed E-state index contributed by atoms with van der Waals surface area (Å²) in [6.45, 7) is 1.97. The maximum atomic E-state index is 4.41. The molecule has 3 aromatic heterocycles. The maximum Gasteiger partial charge on any atom is 0.226 e. The average molecular weight is 213 g/mol. The van der Waals surface area contributed by atoms with Gasteiger partial charge in [-0.25, -0.2) is 4.98 Å². The second-order valence-corrected chi connectivity index (χ2v) is 3.64. The molecular formula is C11H11N5. The molecule has 0 fully saturated rings. The zero-order chi connectivity index (χ0) is 11.1. The Hall–Kier alpha value is -2.17. The predicted octanol–water partition coefficient (Wildman–Crippen LogP) is 1.63. The van der Waals surface area contributed by atoms with Gasteiger partial charge in [0.2, 0.25) is 5.95 Å². The van der Waals surface area contributed by atoms with Gasteiger partial charge >= 0.3 is 0 Å². The van der Waals surface area contributed by atoms with Gasteiger partial charge in [0, 0.05) is 18.6 Å². The zero-order valence-corrected chi connectivity index (χ0v) is 9.10. The van der Waals surface area contributed by atoms with Crippen molar-refractivity contribution in [2.24, 2.45) is 0 Å². The lowest BCUT2D eigenvalue weighted by Crippen LogP contribution is -2.03. The zero-order valence-electron chi connectivity index (χ0n) is 9.10. The van der Waals surface area contributed by atoms with Gasteiger partial charge in [0.25, 0.3) is 0 Å². The molecule has 0 aromatic carbocycles. The maximum absolute atomic E-state index is 4.41. The molecule has 0 unspecified atom stereocenters. The van der Waals surface area contributed by atoms with Crippen LogP contribution in [0.3, 0.4) is 0 Å². The van der Waals surface area contributed by atoms with E-state index in [9.17, 15) is 0 Å². The minimum atomic E-state index is 0.703. The molecule has 0 aliphatic heterocycles. The second kappa shape index (κ2) is 3.16. The van der Waals surface area contributed by atoms with Crippen molar-refractivity contribution in [3.05, 3.63) is 30.1 Å². The number of aromatic nitrogens is 4. The second-order valence-electron chi connectivity index (χ2n) is 3.64. The average Bonchev–Trinajstić information content (AvgIpc) is 2.69. The van der Waals surface area contributed by atoms with Gasteiger partial charge in [-0.05, 0) is 25.1 Å². The highest BCUT2D eigenvalue weighted by Crippen LogP contribution is 2.20. The number of aryl methyl sites for hydroxylation is 1. The van der Waals surface area contributed by atoms with E-state index in [1.807, 2.05) is 32.2 Å². The highest BCUT2D eigenvalue weighted by molar-refractivity contribution is 5.92. The number of hydrogen-bond donors (Lipinski definition) is 1. The fourth-order valence-electron chi connectivity index (χ4n) is 1.85. The summed E-state index contributed by atoms with van der Waals surface area (Å²) >= 11 is 0. The van der Waals surface area contributed by atoms with Crippen LogP contribution in [0.1, 0.15) is 5.69 Å². The number of fused-ring (bicyclic) bond motifs is 3. The molecule has 80 valence electrons. The molecule has 0 amide bonds. The molecule has 0 spiro atoms. The SMILES string of the molecule is CNc1nc2ncccc2c2cc(C)nn12. The first kappa shape index (κ1) is 9.08. The van der Waals surface area contributed by atoms with E-state index in [1.54, 1.807) is 10.7 Å². The molecule has 3 heterocycles. The van der Waals surface area contributed by atoms with Gasteiger partial charge in [0.05, 0.1) is 11.2 Å². The molecule has 1 N–H and O–H groups in total. The van der Waals surface area contributed by atoms with Crippen LogP contribution in [0.2, 0.25) is 0 Å². The molecular weight excluding hydrogens is 202 g/mol. The molecule has 5 heteroatoms. The Morgan fingerprint density at radius 3 is 3.06 bits per heavy atom. The van der Waals surface area contributed by atoms with Crippen LogP contribution in [0.15, 0.2) is 24.4 Å². The van der Waals surface area contributed by atoms with Crippen molar-refractivity contribution in [1.82, 2.24) is 19.6 Å². The van der Waals surface area contributed by atoms with Gasteiger partial charge in [-0.3, -0.25) is 0 Å². The van der Waals surface area contributed by atoms with Gasteiger partial charge in [0.1, 0.15) is 0 Å². The third kappa shape index (κ3) is 1.14. The fraction of sp³-hybridized carbons (Fsp3) is 0.182. The molecule has 0 aliphatic carbocycles. The predicted molar refractivity (Wildman–Crippen MR) is 62.6 cm³/mol. The minimum Gasteiger partial charge on any atom is -0.357 e. The summed E-state index contributed by atoms with van der Waals surface area (Å²) < 4.78 is 1.80. The van der Waals surface area contributed by atoms with Crippen molar-refractivity contribution in [3.63, 3.8) is 0 Å². The lowest BCUT2D eigenvalue weighted by molar-refractivity contribution is 0.914. The summed E-state index contributed by atoms with van der Waals surface area (Å²) in [5.41, 5.74) is 2.73. The van der Waals surface area contributed by atoms with Gasteiger partial charge in [-0.15, -0.1) is 0 Å². The van der Waals surface area contributed by atoms with Crippen LogP contribution < -0.4 is 5.32 Å². The molecule has 16 heavy (non-hydrogen) atoms. The molecule has 0 radical (unpaired) electrons. The first-order valence-electron chi connectivity index (χ1n) is 5.08. The third-order valence-corrected chi connectivity index (χ3v) is 2.53. The molecule has 5 nitrogen and oxygen atoms in total. The van der Waals surface area contributed by atoms with Crippen molar-refractivity contribution in [2.45, 2.75) is 6.92 Å². The Labute approximate surface area is 92.1 Å². The highest BCUT2D eigenvalue weighted by Gasteiger charge is 2.09. The van der Waals surface area contributed by atoms with Crippen molar-refractivity contribution < 1.29 is 0 Å². The molecule has 3 aromatic rings.